The van der Waals surface area contributed by atoms with E-state index in [0.29, 0.717) is 44.5 Å². The number of hydrogen-bond donors (Lipinski definition) is 0. The summed E-state index contributed by atoms with van der Waals surface area (Å²) in [6, 6.07) is 41.9. The number of rotatable bonds is 7. The normalized spacial score (nSPS) is 17.5. The Morgan fingerprint density at radius 1 is 0.585 bits per heavy atom. The molecule has 11 rings (SSSR count). The van der Waals surface area contributed by atoms with Crippen LogP contribution in [0.1, 0.15) is 92.5 Å². The second kappa shape index (κ2) is 15.9. The fourth-order valence-electron chi connectivity index (χ4n) is 9.74. The fraction of sp³-hybridized carbons (Fsp3) is 0.213. The molecule has 320 valence electrons. The molecule has 0 spiro atoms. The van der Waals surface area contributed by atoms with Crippen LogP contribution in [-0.4, -0.2) is 9.97 Å². The molecule has 0 unspecified atom stereocenters. The summed E-state index contributed by atoms with van der Waals surface area (Å²) >= 11 is 0. The lowest BCUT2D eigenvalue weighted by molar-refractivity contribution is 0.224. The lowest BCUT2D eigenvalue weighted by Crippen LogP contribution is -2.20. The van der Waals surface area contributed by atoms with Crippen molar-refractivity contribution in [3.05, 3.63) is 179 Å². The third-order valence-corrected chi connectivity index (χ3v) is 13.5. The molecule has 1 saturated carbocycles. The van der Waals surface area contributed by atoms with Gasteiger partial charge in [0.05, 0.1) is 11.4 Å². The van der Waals surface area contributed by atoms with Gasteiger partial charge in [-0.05, 0) is 186 Å². The van der Waals surface area contributed by atoms with Crippen LogP contribution in [0.15, 0.2) is 150 Å². The van der Waals surface area contributed by atoms with Gasteiger partial charge in [0.1, 0.15) is 22.7 Å². The molecular weight excluding hydrogens is 793 g/mol. The topological polar surface area (TPSA) is 48.2 Å². The first-order valence-electron chi connectivity index (χ1n) is 27.3. The molecule has 4 nitrogen and oxygen atoms in total. The molecule has 3 heterocycles. The number of hydrogen-bond acceptors (Lipinski definition) is 4. The van der Waals surface area contributed by atoms with Gasteiger partial charge >= 0.3 is 0 Å². The van der Waals surface area contributed by atoms with Crippen LogP contribution in [0.5, 0.6) is 11.5 Å². The maximum atomic E-state index is 9.53. The second-order valence-corrected chi connectivity index (χ2v) is 18.4. The van der Waals surface area contributed by atoms with Crippen LogP contribution in [0.25, 0.3) is 88.3 Å². The summed E-state index contributed by atoms with van der Waals surface area (Å²) in [7, 11) is 0. The molecule has 0 bridgehead atoms. The first-order chi connectivity index (χ1) is 35.5. The highest BCUT2D eigenvalue weighted by molar-refractivity contribution is 6.24. The van der Waals surface area contributed by atoms with Gasteiger partial charge in [-0.3, -0.25) is 9.97 Å². The molecule has 4 heteroatoms. The van der Waals surface area contributed by atoms with Crippen molar-refractivity contribution in [3.63, 3.8) is 0 Å². The molecule has 0 atom stereocenters. The van der Waals surface area contributed by atoms with Gasteiger partial charge in [0.25, 0.3) is 0 Å². The van der Waals surface area contributed by atoms with Gasteiger partial charge in [-0.15, -0.1) is 0 Å². The zero-order valence-electron chi connectivity index (χ0n) is 46.9. The van der Waals surface area contributed by atoms with E-state index in [2.05, 4.69) is 80.4 Å². The highest BCUT2D eigenvalue weighted by Crippen LogP contribution is 2.47. The number of fused-ring (bicyclic) bond motifs is 7. The Balaban J connectivity index is 1.14. The number of ether oxygens (including phenoxy) is 1. The maximum absolute atomic E-state index is 9.53. The summed E-state index contributed by atoms with van der Waals surface area (Å²) in [6.07, 6.45) is 6.52. The Hall–Kier alpha value is -7.04. The average Bonchev–Trinajstić information content (AvgIpc) is 3.84. The summed E-state index contributed by atoms with van der Waals surface area (Å²) in [6.45, 7) is 0.405. The summed E-state index contributed by atoms with van der Waals surface area (Å²) in [5.41, 5.74) is 8.02. The number of nitrogens with zero attached hydrogens (tertiary/aromatic N) is 2. The van der Waals surface area contributed by atoms with Gasteiger partial charge in [0.2, 0.25) is 0 Å². The van der Waals surface area contributed by atoms with E-state index in [0.717, 1.165) is 86.6 Å². The van der Waals surface area contributed by atoms with E-state index < -0.39 is 32.0 Å². The Labute approximate surface area is 396 Å². The molecule has 0 radical (unpaired) electrons. The lowest BCUT2D eigenvalue weighted by atomic mass is 9.71. The molecule has 3 aromatic heterocycles. The van der Waals surface area contributed by atoms with Crippen molar-refractivity contribution in [2.75, 3.05) is 0 Å². The number of benzene rings is 7. The fourth-order valence-corrected chi connectivity index (χ4v) is 9.74. The smallest absolute Gasteiger partial charge is 0.145 e. The summed E-state index contributed by atoms with van der Waals surface area (Å²) in [5, 5.41) is 5.52. The zero-order chi connectivity index (χ0) is 53.0. The molecule has 65 heavy (non-hydrogen) atoms. The number of pyridine rings is 2. The average molecular weight is 857 g/mol. The zero-order valence-corrected chi connectivity index (χ0v) is 36.9. The number of aryl methyl sites for hydroxylation is 4. The van der Waals surface area contributed by atoms with Crippen molar-refractivity contribution < 1.29 is 22.9 Å². The summed E-state index contributed by atoms with van der Waals surface area (Å²) in [4.78, 5) is 9.53. The molecule has 0 saturated heterocycles. The molecular formula is C61H54N2O2. The highest BCUT2D eigenvalue weighted by atomic mass is 16.5. The van der Waals surface area contributed by atoms with E-state index in [1.165, 1.54) is 12.1 Å². The molecule has 0 N–H and O–H groups in total. The van der Waals surface area contributed by atoms with E-state index in [-0.39, 0.29) is 33.7 Å². The molecule has 7 aromatic carbocycles. The Bertz CT molecular complexity index is 3900. The molecule has 1 aliphatic carbocycles. The van der Waals surface area contributed by atoms with Crippen LogP contribution in [-0.2, 0) is 0 Å². The quantitative estimate of drug-likeness (QED) is 0.150. The molecule has 1 fully saturated rings. The van der Waals surface area contributed by atoms with Gasteiger partial charge in [0, 0.05) is 53.4 Å². The van der Waals surface area contributed by atoms with E-state index in [1.54, 1.807) is 30.3 Å². The van der Waals surface area contributed by atoms with Gasteiger partial charge in [-0.1, -0.05) is 105 Å². The minimum atomic E-state index is -2.80. The first-order valence-corrected chi connectivity index (χ1v) is 22.3. The van der Waals surface area contributed by atoms with Crippen molar-refractivity contribution in [1.29, 1.82) is 0 Å². The Morgan fingerprint density at radius 2 is 1.35 bits per heavy atom. The van der Waals surface area contributed by atoms with E-state index in [4.69, 9.17) is 26.5 Å². The van der Waals surface area contributed by atoms with Crippen molar-refractivity contribution in [1.82, 2.24) is 9.97 Å². The van der Waals surface area contributed by atoms with Crippen molar-refractivity contribution in [2.24, 2.45) is 5.41 Å². The molecule has 1 aliphatic rings. The van der Waals surface area contributed by atoms with Crippen molar-refractivity contribution in [2.45, 2.75) is 79.8 Å². The van der Waals surface area contributed by atoms with Gasteiger partial charge in [-0.2, -0.15) is 0 Å². The van der Waals surface area contributed by atoms with Crippen LogP contribution < -0.4 is 4.74 Å². The van der Waals surface area contributed by atoms with Crippen LogP contribution >= 0.6 is 0 Å². The molecule has 0 aliphatic heterocycles. The highest BCUT2D eigenvalue weighted by Gasteiger charge is 2.28. The van der Waals surface area contributed by atoms with Crippen LogP contribution in [0.2, 0.25) is 0 Å². The van der Waals surface area contributed by atoms with Gasteiger partial charge in [-0.25, -0.2) is 0 Å². The Kier molecular flexibility index (Phi) is 7.56. The predicted octanol–water partition coefficient (Wildman–Crippen LogP) is 17.4. The van der Waals surface area contributed by atoms with E-state index in [1.807, 2.05) is 49.5 Å². The summed E-state index contributed by atoms with van der Waals surface area (Å²) < 4.78 is 99.8. The third-order valence-electron chi connectivity index (χ3n) is 13.5. The minimum Gasteiger partial charge on any atom is -0.457 e. The van der Waals surface area contributed by atoms with Crippen LogP contribution in [0.3, 0.4) is 0 Å². The molecule has 0 amide bonds. The van der Waals surface area contributed by atoms with Crippen LogP contribution in [0.4, 0.5) is 0 Å². The second-order valence-electron chi connectivity index (χ2n) is 18.4. The van der Waals surface area contributed by atoms with E-state index in [9.17, 15) is 1.37 Å². The Morgan fingerprint density at radius 3 is 2.17 bits per heavy atom. The van der Waals surface area contributed by atoms with E-state index >= 15 is 0 Å². The SMILES string of the molecule is [2H]C([2H])([2H])c1cnc(-c2cc(Oc3cc(-c4cc(-c5ccc(C6([2H])CCC(C)(C)CC6)cc5C)c(C)cn4)c4oc5c(ccc6ccc7ccccc7c65)c4c3)c(C([2H])([2H])[2H])c(-c3ccccc3)c2)cc1C([2H])([2H])[2H]. The summed E-state index contributed by atoms with van der Waals surface area (Å²) in [5.74, 6) is -0.419. The number of furan rings is 1. The maximum Gasteiger partial charge on any atom is 0.145 e. The predicted molar refractivity (Wildman–Crippen MR) is 271 cm³/mol. The lowest BCUT2D eigenvalue weighted by Gasteiger charge is -2.34. The monoisotopic (exact) mass is 856 g/mol. The largest absolute Gasteiger partial charge is 0.457 e. The first kappa shape index (κ1) is 30.9. The van der Waals surface area contributed by atoms with Crippen LogP contribution in [0, 0.1) is 39.8 Å². The standard InChI is InChI=1S/C61H54N2O2/c1-36-28-55(62-34-38(36)3)46-29-52(42-13-9-8-10-14-42)40(5)57(30-46)64-47-31-53-50-22-19-44-18-17-43-15-11-12-16-49(43)58(44)60(50)65-59(53)54(32-47)56-33-51(39(4)35-63-56)48-21-20-45(27-37(48)2)41-23-25-61(6,7)26-24-41/h8-22,27-35,41H,23-26H2,1-7H3/i1D3,3D3,5D3,41D. The third kappa shape index (κ3) is 7.35. The van der Waals surface area contributed by atoms with Gasteiger partial charge in [0.15, 0.2) is 0 Å². The van der Waals surface area contributed by atoms with Gasteiger partial charge < -0.3 is 9.15 Å². The van der Waals surface area contributed by atoms with Crippen molar-refractivity contribution >= 4 is 43.5 Å². The molecule has 10 aromatic rings. The van der Waals surface area contributed by atoms with Crippen molar-refractivity contribution in [3.8, 4) is 56.3 Å². The minimum absolute atomic E-state index is 0.0417. The number of aromatic nitrogens is 2.